The summed E-state index contributed by atoms with van der Waals surface area (Å²) in [6.07, 6.45) is 0. The fourth-order valence-corrected chi connectivity index (χ4v) is 7.03. The third-order valence-electron chi connectivity index (χ3n) is 9.45. The monoisotopic (exact) mass is 698 g/mol. The van der Waals surface area contributed by atoms with Crippen LogP contribution in [0.2, 0.25) is 0 Å². The third kappa shape index (κ3) is 6.63. The summed E-state index contributed by atoms with van der Waals surface area (Å²) in [4.78, 5) is 24.4. The fourth-order valence-electron chi connectivity index (χ4n) is 7.03. The Balaban J connectivity index is 1.45. The standard InChI is InChI=1S/C47H38O6/c1-31(2)45(48)52-29-50-43-25-23-35(27-39(43)33-15-7-5-8-16-33)47(41-21-13-11-19-37(41)38-20-12-14-22-42(38)47)36-24-26-44(51-30-53-46(49)32(3)4)40(28-36)34-17-9-6-10-18-34/h5-28H,1,3,29-30H2,2,4H3. The lowest BCUT2D eigenvalue weighted by atomic mass is 9.67. The maximum atomic E-state index is 12.2. The van der Waals surface area contributed by atoms with E-state index in [1.807, 2.05) is 72.8 Å². The van der Waals surface area contributed by atoms with Crippen LogP contribution >= 0.6 is 0 Å². The maximum Gasteiger partial charge on any atom is 0.335 e. The van der Waals surface area contributed by atoms with E-state index in [1.165, 1.54) is 0 Å². The van der Waals surface area contributed by atoms with Crippen molar-refractivity contribution in [2.24, 2.45) is 0 Å². The maximum absolute atomic E-state index is 12.2. The summed E-state index contributed by atoms with van der Waals surface area (Å²) < 4.78 is 22.9. The van der Waals surface area contributed by atoms with Gasteiger partial charge in [0.25, 0.3) is 0 Å². The molecule has 0 amide bonds. The molecule has 0 radical (unpaired) electrons. The smallest absolute Gasteiger partial charge is 0.335 e. The van der Waals surface area contributed by atoms with Crippen molar-refractivity contribution in [3.05, 3.63) is 192 Å². The molecule has 6 aromatic rings. The molecule has 6 nitrogen and oxygen atoms in total. The Hall–Kier alpha value is -6.66. The zero-order valence-corrected chi connectivity index (χ0v) is 29.6. The Morgan fingerprint density at radius 2 is 0.868 bits per heavy atom. The van der Waals surface area contributed by atoms with E-state index in [0.29, 0.717) is 22.6 Å². The van der Waals surface area contributed by atoms with Crippen LogP contribution in [-0.2, 0) is 24.5 Å². The lowest BCUT2D eigenvalue weighted by Gasteiger charge is -2.35. The minimum absolute atomic E-state index is 0.259. The lowest BCUT2D eigenvalue weighted by molar-refractivity contribution is -0.146. The van der Waals surface area contributed by atoms with Gasteiger partial charge in [0.1, 0.15) is 11.5 Å². The molecule has 1 aliphatic rings. The zero-order valence-electron chi connectivity index (χ0n) is 29.6. The molecule has 0 bridgehead atoms. The van der Waals surface area contributed by atoms with Gasteiger partial charge in [-0.2, -0.15) is 0 Å². The van der Waals surface area contributed by atoms with Crippen molar-refractivity contribution in [2.75, 3.05) is 13.6 Å². The molecular weight excluding hydrogens is 661 g/mol. The number of benzene rings is 6. The fraction of sp³-hybridized carbons (Fsp3) is 0.106. The van der Waals surface area contributed by atoms with E-state index in [-0.39, 0.29) is 13.6 Å². The van der Waals surface area contributed by atoms with E-state index in [0.717, 1.165) is 55.6 Å². The number of carbonyl (C=O) groups is 2. The van der Waals surface area contributed by atoms with E-state index in [9.17, 15) is 9.59 Å². The van der Waals surface area contributed by atoms with Crippen molar-refractivity contribution in [1.82, 2.24) is 0 Å². The molecule has 0 spiro atoms. The van der Waals surface area contributed by atoms with Gasteiger partial charge >= 0.3 is 11.9 Å². The summed E-state index contributed by atoms with van der Waals surface area (Å²) in [7, 11) is 0. The van der Waals surface area contributed by atoms with E-state index in [2.05, 4.69) is 86.0 Å². The van der Waals surface area contributed by atoms with Crippen LogP contribution in [0.25, 0.3) is 33.4 Å². The zero-order chi connectivity index (χ0) is 37.0. The second kappa shape index (κ2) is 14.9. The first kappa shape index (κ1) is 34.8. The molecule has 0 unspecified atom stereocenters. The Bertz CT molecular complexity index is 2170. The summed E-state index contributed by atoms with van der Waals surface area (Å²) in [6.45, 7) is 10.0. The molecule has 0 heterocycles. The van der Waals surface area contributed by atoms with Crippen LogP contribution in [-0.4, -0.2) is 25.5 Å². The molecule has 1 aliphatic carbocycles. The van der Waals surface area contributed by atoms with Crippen LogP contribution < -0.4 is 9.47 Å². The van der Waals surface area contributed by atoms with E-state index < -0.39 is 17.4 Å². The molecule has 0 saturated carbocycles. The molecule has 0 atom stereocenters. The van der Waals surface area contributed by atoms with Gasteiger partial charge in [-0.3, -0.25) is 0 Å². The van der Waals surface area contributed by atoms with Gasteiger partial charge < -0.3 is 18.9 Å². The predicted octanol–water partition coefficient (Wildman–Crippen LogP) is 10.3. The topological polar surface area (TPSA) is 71.1 Å². The molecule has 262 valence electrons. The average Bonchev–Trinajstić information content (AvgIpc) is 3.49. The SMILES string of the molecule is C=C(C)C(=O)OCOc1ccc(C2(c3ccc(OCOC(=O)C(=C)C)c(-c4ccccc4)c3)c3ccccc3-c3ccccc32)cc1-c1ccccc1. The molecule has 0 N–H and O–H groups in total. The van der Waals surface area contributed by atoms with Gasteiger partial charge in [-0.05, 0) is 82.6 Å². The van der Waals surface area contributed by atoms with Crippen LogP contribution in [0.1, 0.15) is 36.1 Å². The molecule has 0 fully saturated rings. The van der Waals surface area contributed by atoms with Crippen LogP contribution in [0.4, 0.5) is 0 Å². The molecular formula is C47H38O6. The van der Waals surface area contributed by atoms with Crippen molar-refractivity contribution in [2.45, 2.75) is 19.3 Å². The molecule has 0 aromatic heterocycles. The number of fused-ring (bicyclic) bond motifs is 3. The number of hydrogen-bond donors (Lipinski definition) is 0. The number of ether oxygens (including phenoxy) is 4. The molecule has 0 aliphatic heterocycles. The van der Waals surface area contributed by atoms with Crippen molar-refractivity contribution >= 4 is 11.9 Å². The largest absolute Gasteiger partial charge is 0.457 e. The summed E-state index contributed by atoms with van der Waals surface area (Å²) in [5.41, 5.74) is 10.00. The first-order valence-electron chi connectivity index (χ1n) is 17.3. The summed E-state index contributed by atoms with van der Waals surface area (Å²) in [6, 6.07) is 49.5. The van der Waals surface area contributed by atoms with Gasteiger partial charge in [0, 0.05) is 22.3 Å². The lowest BCUT2D eigenvalue weighted by Crippen LogP contribution is -2.29. The van der Waals surface area contributed by atoms with Gasteiger partial charge in [-0.1, -0.05) is 134 Å². The highest BCUT2D eigenvalue weighted by Crippen LogP contribution is 2.57. The Morgan fingerprint density at radius 3 is 1.26 bits per heavy atom. The number of esters is 2. The van der Waals surface area contributed by atoms with Crippen molar-refractivity contribution in [3.63, 3.8) is 0 Å². The quantitative estimate of drug-likeness (QED) is 0.0719. The summed E-state index contributed by atoms with van der Waals surface area (Å²) >= 11 is 0. The van der Waals surface area contributed by atoms with Crippen LogP contribution in [0, 0.1) is 0 Å². The summed E-state index contributed by atoms with van der Waals surface area (Å²) in [5, 5.41) is 0. The van der Waals surface area contributed by atoms with Gasteiger partial charge in [-0.15, -0.1) is 0 Å². The predicted molar refractivity (Wildman–Crippen MR) is 207 cm³/mol. The normalized spacial score (nSPS) is 12.2. The van der Waals surface area contributed by atoms with E-state index >= 15 is 0 Å². The third-order valence-corrected chi connectivity index (χ3v) is 9.45. The minimum atomic E-state index is -0.768. The molecule has 53 heavy (non-hydrogen) atoms. The van der Waals surface area contributed by atoms with Gasteiger partial charge in [0.05, 0.1) is 5.41 Å². The molecule has 0 saturated heterocycles. The highest BCUT2D eigenvalue weighted by molar-refractivity contribution is 5.89. The van der Waals surface area contributed by atoms with Gasteiger partial charge in [0.15, 0.2) is 0 Å². The second-order valence-electron chi connectivity index (χ2n) is 12.9. The number of rotatable bonds is 12. The van der Waals surface area contributed by atoms with Gasteiger partial charge in [0.2, 0.25) is 13.6 Å². The van der Waals surface area contributed by atoms with Crippen molar-refractivity contribution < 1.29 is 28.5 Å². The minimum Gasteiger partial charge on any atom is -0.457 e. The number of hydrogen-bond acceptors (Lipinski definition) is 6. The van der Waals surface area contributed by atoms with Crippen LogP contribution in [0.5, 0.6) is 11.5 Å². The van der Waals surface area contributed by atoms with Crippen LogP contribution in [0.15, 0.2) is 170 Å². The molecule has 6 heteroatoms. The Kier molecular flexibility index (Phi) is 9.78. The molecule has 7 rings (SSSR count). The number of carbonyl (C=O) groups excluding carboxylic acids is 2. The van der Waals surface area contributed by atoms with Crippen molar-refractivity contribution in [1.29, 1.82) is 0 Å². The first-order chi connectivity index (χ1) is 25.8. The van der Waals surface area contributed by atoms with Crippen molar-refractivity contribution in [3.8, 4) is 44.9 Å². The Labute approximate surface area is 309 Å². The highest BCUT2D eigenvalue weighted by atomic mass is 16.7. The average molecular weight is 699 g/mol. The first-order valence-corrected chi connectivity index (χ1v) is 17.3. The highest BCUT2D eigenvalue weighted by Gasteiger charge is 2.46. The van der Waals surface area contributed by atoms with Gasteiger partial charge in [-0.25, -0.2) is 9.59 Å². The summed E-state index contributed by atoms with van der Waals surface area (Å²) in [5.74, 6) is 0.109. The van der Waals surface area contributed by atoms with E-state index in [1.54, 1.807) is 13.8 Å². The second-order valence-corrected chi connectivity index (χ2v) is 12.9. The van der Waals surface area contributed by atoms with E-state index in [4.69, 9.17) is 18.9 Å². The molecule has 6 aromatic carbocycles. The van der Waals surface area contributed by atoms with Crippen LogP contribution in [0.3, 0.4) is 0 Å². The Morgan fingerprint density at radius 1 is 0.491 bits per heavy atom.